The van der Waals surface area contributed by atoms with Crippen LogP contribution in [-0.4, -0.2) is 31.4 Å². The summed E-state index contributed by atoms with van der Waals surface area (Å²) in [6.45, 7) is 0.734. The molecule has 4 aromatic rings. The van der Waals surface area contributed by atoms with Gasteiger partial charge in [0.15, 0.2) is 5.82 Å². The van der Waals surface area contributed by atoms with Crippen LogP contribution in [0.15, 0.2) is 59.8 Å². The summed E-state index contributed by atoms with van der Waals surface area (Å²) in [5, 5.41) is 11.0. The first-order chi connectivity index (χ1) is 15.0. The summed E-state index contributed by atoms with van der Waals surface area (Å²) < 4.78 is 2.14. The van der Waals surface area contributed by atoms with Crippen molar-refractivity contribution in [3.63, 3.8) is 0 Å². The Morgan fingerprint density at radius 3 is 2.94 bits per heavy atom. The van der Waals surface area contributed by atoms with Crippen LogP contribution in [0.5, 0.6) is 0 Å². The quantitative estimate of drug-likeness (QED) is 0.451. The van der Waals surface area contributed by atoms with E-state index in [1.54, 1.807) is 12.3 Å². The van der Waals surface area contributed by atoms with E-state index in [2.05, 4.69) is 20.6 Å². The van der Waals surface area contributed by atoms with Gasteiger partial charge in [0.1, 0.15) is 5.82 Å². The number of nitrogen functional groups attached to an aromatic ring is 1. The van der Waals surface area contributed by atoms with Gasteiger partial charge in [0.2, 0.25) is 0 Å². The number of rotatable bonds is 5. The lowest BCUT2D eigenvalue weighted by Crippen LogP contribution is -2.08. The van der Waals surface area contributed by atoms with Gasteiger partial charge >= 0.3 is 5.97 Å². The van der Waals surface area contributed by atoms with Gasteiger partial charge in [0, 0.05) is 57.0 Å². The van der Waals surface area contributed by atoms with Gasteiger partial charge in [0.25, 0.3) is 0 Å². The van der Waals surface area contributed by atoms with Crippen LogP contribution in [0.4, 0.5) is 5.82 Å². The lowest BCUT2D eigenvalue weighted by Gasteiger charge is -2.14. The summed E-state index contributed by atoms with van der Waals surface area (Å²) in [6.07, 6.45) is 3.56. The highest BCUT2D eigenvalue weighted by Gasteiger charge is 2.25. The van der Waals surface area contributed by atoms with Crippen LogP contribution >= 0.6 is 23.4 Å². The third kappa shape index (κ3) is 3.86. The molecule has 0 amide bonds. The van der Waals surface area contributed by atoms with Crippen molar-refractivity contribution >= 4 is 46.1 Å². The highest BCUT2D eigenvalue weighted by Crippen LogP contribution is 2.42. The molecular weight excluding hydrogens is 432 g/mol. The number of hydrogen-bond donors (Lipinski definition) is 2. The Balaban J connectivity index is 1.59. The molecule has 0 radical (unpaired) electrons. The van der Waals surface area contributed by atoms with Crippen LogP contribution in [0, 0.1) is 0 Å². The number of halogens is 1. The zero-order valence-corrected chi connectivity index (χ0v) is 18.0. The summed E-state index contributed by atoms with van der Waals surface area (Å²) in [7, 11) is 0. The average Bonchev–Trinajstić information content (AvgIpc) is 3.29. The highest BCUT2D eigenvalue weighted by molar-refractivity contribution is 7.99. The number of carboxylic acid groups (broad SMARTS) is 1. The average molecular weight is 451 g/mol. The number of nitrogens with zero attached hydrogens (tertiary/aromatic N) is 3. The molecule has 5 rings (SSSR count). The molecule has 3 N–H and O–H groups in total. The second-order valence-electron chi connectivity index (χ2n) is 7.60. The molecule has 156 valence electrons. The number of fused-ring (bicyclic) bond motifs is 2. The molecule has 0 spiro atoms. The van der Waals surface area contributed by atoms with E-state index in [-0.39, 0.29) is 6.42 Å². The van der Waals surface area contributed by atoms with Gasteiger partial charge in [0.05, 0.1) is 6.42 Å². The van der Waals surface area contributed by atoms with E-state index in [1.807, 2.05) is 48.3 Å². The van der Waals surface area contributed by atoms with E-state index in [1.165, 1.54) is 10.5 Å². The van der Waals surface area contributed by atoms with Gasteiger partial charge in [-0.2, -0.15) is 0 Å². The first-order valence-corrected chi connectivity index (χ1v) is 11.2. The van der Waals surface area contributed by atoms with E-state index in [0.29, 0.717) is 17.6 Å². The van der Waals surface area contributed by atoms with Gasteiger partial charge in [-0.25, -0.2) is 9.97 Å². The summed E-state index contributed by atoms with van der Waals surface area (Å²) >= 11 is 8.07. The van der Waals surface area contributed by atoms with Gasteiger partial charge in [-0.05, 0) is 41.5 Å². The Hall–Kier alpha value is -3.03. The smallest absolute Gasteiger partial charge is 0.307 e. The first kappa shape index (κ1) is 19.9. The number of aliphatic carboxylic acids is 1. The fourth-order valence-corrected chi connectivity index (χ4v) is 5.51. The molecule has 0 saturated heterocycles. The van der Waals surface area contributed by atoms with Crippen LogP contribution in [0.2, 0.25) is 5.02 Å². The summed E-state index contributed by atoms with van der Waals surface area (Å²) in [6, 6.07) is 13.5. The summed E-state index contributed by atoms with van der Waals surface area (Å²) in [5.41, 5.74) is 9.66. The second kappa shape index (κ2) is 7.90. The van der Waals surface area contributed by atoms with Crippen LogP contribution in [-0.2, 0) is 17.8 Å². The van der Waals surface area contributed by atoms with Gasteiger partial charge in [-0.3, -0.25) is 4.79 Å². The molecule has 31 heavy (non-hydrogen) atoms. The second-order valence-corrected chi connectivity index (χ2v) is 9.10. The first-order valence-electron chi connectivity index (χ1n) is 9.82. The number of carboxylic acids is 1. The SMILES string of the molecule is Nc1ccnc(-c2ccc3c(CC(=O)O)cn(CC4CSc5ccc(Cl)cc54)c3c2)n1. The maximum absolute atomic E-state index is 11.4. The van der Waals surface area contributed by atoms with Crippen molar-refractivity contribution in [3.8, 4) is 11.4 Å². The molecule has 8 heteroatoms. The van der Waals surface area contributed by atoms with E-state index in [0.717, 1.165) is 39.4 Å². The molecule has 2 aromatic heterocycles. The van der Waals surface area contributed by atoms with Crippen molar-refractivity contribution in [1.29, 1.82) is 0 Å². The monoisotopic (exact) mass is 450 g/mol. The minimum absolute atomic E-state index is 0.0283. The van der Waals surface area contributed by atoms with E-state index >= 15 is 0 Å². The van der Waals surface area contributed by atoms with Gasteiger partial charge in [-0.1, -0.05) is 23.7 Å². The Morgan fingerprint density at radius 2 is 2.13 bits per heavy atom. The Labute approximate surface area is 188 Å². The summed E-state index contributed by atoms with van der Waals surface area (Å²) in [4.78, 5) is 21.3. The number of nitrogens with two attached hydrogens (primary N) is 1. The number of carbonyl (C=O) groups is 1. The molecule has 0 aliphatic carbocycles. The maximum Gasteiger partial charge on any atom is 0.307 e. The highest BCUT2D eigenvalue weighted by atomic mass is 35.5. The zero-order chi connectivity index (χ0) is 21.5. The van der Waals surface area contributed by atoms with Crippen LogP contribution < -0.4 is 5.73 Å². The number of aromatic nitrogens is 3. The lowest BCUT2D eigenvalue weighted by molar-refractivity contribution is -0.136. The molecule has 1 aliphatic heterocycles. The minimum atomic E-state index is -0.851. The summed E-state index contributed by atoms with van der Waals surface area (Å²) in [5.74, 6) is 1.35. The van der Waals surface area contributed by atoms with Crippen molar-refractivity contribution in [3.05, 3.63) is 71.0 Å². The third-order valence-electron chi connectivity index (χ3n) is 5.51. The Bertz CT molecular complexity index is 1320. The van der Waals surface area contributed by atoms with E-state index < -0.39 is 5.97 Å². The van der Waals surface area contributed by atoms with Gasteiger partial charge in [-0.15, -0.1) is 11.8 Å². The van der Waals surface area contributed by atoms with Crippen molar-refractivity contribution in [1.82, 2.24) is 14.5 Å². The molecule has 6 nitrogen and oxygen atoms in total. The molecular formula is C23H19ClN4O2S. The van der Waals surface area contributed by atoms with Crippen LogP contribution in [0.3, 0.4) is 0 Å². The molecule has 3 heterocycles. The predicted octanol–water partition coefficient (Wildman–Crippen LogP) is 4.85. The van der Waals surface area contributed by atoms with Crippen molar-refractivity contribution in [2.45, 2.75) is 23.8 Å². The fraction of sp³-hybridized carbons (Fsp3) is 0.174. The molecule has 0 fully saturated rings. The Kier molecular flexibility index (Phi) is 5.08. The number of benzene rings is 2. The van der Waals surface area contributed by atoms with Crippen LogP contribution in [0.25, 0.3) is 22.3 Å². The minimum Gasteiger partial charge on any atom is -0.481 e. The van der Waals surface area contributed by atoms with E-state index in [4.69, 9.17) is 17.3 Å². The van der Waals surface area contributed by atoms with Gasteiger partial charge < -0.3 is 15.4 Å². The molecule has 2 aromatic carbocycles. The molecule has 1 atom stereocenters. The zero-order valence-electron chi connectivity index (χ0n) is 16.5. The van der Waals surface area contributed by atoms with E-state index in [9.17, 15) is 9.90 Å². The topological polar surface area (TPSA) is 94.0 Å². The third-order valence-corrected chi connectivity index (χ3v) is 7.00. The maximum atomic E-state index is 11.4. The molecule has 0 saturated carbocycles. The molecule has 1 aliphatic rings. The number of anilines is 1. The standard InChI is InChI=1S/C23H19ClN4O2S/c24-16-2-4-20-18(9-16)15(12-31-20)11-28-10-14(8-22(29)30)17-3-1-13(7-19(17)28)23-26-6-5-21(25)27-23/h1-7,9-10,15H,8,11-12H2,(H,29,30)(H2,25,26,27). The number of hydrogen-bond acceptors (Lipinski definition) is 5. The molecule has 0 bridgehead atoms. The lowest BCUT2D eigenvalue weighted by atomic mass is 10.0. The fourth-order valence-electron chi connectivity index (χ4n) is 4.11. The molecule has 1 unspecified atom stereocenters. The predicted molar refractivity (Wildman–Crippen MR) is 124 cm³/mol. The Morgan fingerprint density at radius 1 is 1.26 bits per heavy atom. The normalized spacial score (nSPS) is 15.3. The van der Waals surface area contributed by atoms with Crippen molar-refractivity contribution in [2.75, 3.05) is 11.5 Å². The number of thioether (sulfide) groups is 1. The van der Waals surface area contributed by atoms with Crippen LogP contribution in [0.1, 0.15) is 17.0 Å². The van der Waals surface area contributed by atoms with Crippen molar-refractivity contribution in [2.24, 2.45) is 0 Å². The van der Waals surface area contributed by atoms with Crippen molar-refractivity contribution < 1.29 is 9.90 Å². The largest absolute Gasteiger partial charge is 0.481 e.